The summed E-state index contributed by atoms with van der Waals surface area (Å²) in [6, 6.07) is 1.73. The molecule has 2 N–H and O–H groups in total. The smallest absolute Gasteiger partial charge is 0.241 e. The van der Waals surface area contributed by atoms with E-state index in [-0.39, 0.29) is 6.04 Å². The molecular formula is C15H28N2O2S2. The van der Waals surface area contributed by atoms with Gasteiger partial charge in [-0.25, -0.2) is 13.1 Å². The zero-order valence-electron chi connectivity index (χ0n) is 13.5. The molecule has 1 aromatic rings. The lowest BCUT2D eigenvalue weighted by Crippen LogP contribution is -2.33. The van der Waals surface area contributed by atoms with Gasteiger partial charge in [0.1, 0.15) is 0 Å². The van der Waals surface area contributed by atoms with Gasteiger partial charge in [0.25, 0.3) is 0 Å². The van der Waals surface area contributed by atoms with Crippen molar-refractivity contribution < 1.29 is 8.42 Å². The summed E-state index contributed by atoms with van der Waals surface area (Å²) in [7, 11) is -3.39. The standard InChI is InChI=1S/C15H28N2O2S2/c1-5-7-16-10-14-9-15(11-20-14)21(18,19)17-13(4)8-12(3)6-2/h9,11-13,16-17H,5-8,10H2,1-4H3. The molecule has 1 heterocycles. The van der Waals surface area contributed by atoms with E-state index in [2.05, 4.69) is 30.8 Å². The molecule has 0 amide bonds. The van der Waals surface area contributed by atoms with Gasteiger partial charge < -0.3 is 5.32 Å². The van der Waals surface area contributed by atoms with E-state index < -0.39 is 10.0 Å². The Bertz CT molecular complexity index is 511. The molecule has 2 unspecified atom stereocenters. The molecule has 4 nitrogen and oxygen atoms in total. The van der Waals surface area contributed by atoms with Crippen molar-refractivity contribution in [2.24, 2.45) is 5.92 Å². The lowest BCUT2D eigenvalue weighted by Gasteiger charge is -2.17. The maximum Gasteiger partial charge on any atom is 0.241 e. The number of hydrogen-bond acceptors (Lipinski definition) is 4. The number of nitrogens with one attached hydrogen (secondary N) is 2. The molecule has 0 aromatic carbocycles. The van der Waals surface area contributed by atoms with E-state index in [1.807, 2.05) is 6.92 Å². The predicted molar refractivity (Wildman–Crippen MR) is 90.2 cm³/mol. The number of hydrogen-bond donors (Lipinski definition) is 2. The van der Waals surface area contributed by atoms with Crippen molar-refractivity contribution in [1.29, 1.82) is 0 Å². The highest BCUT2D eigenvalue weighted by Crippen LogP contribution is 2.20. The molecule has 0 saturated heterocycles. The zero-order valence-corrected chi connectivity index (χ0v) is 15.1. The Balaban J connectivity index is 2.61. The van der Waals surface area contributed by atoms with Crippen LogP contribution in [0.2, 0.25) is 0 Å². The minimum atomic E-state index is -3.39. The third-order valence-corrected chi connectivity index (χ3v) is 6.13. The van der Waals surface area contributed by atoms with Crippen LogP contribution in [-0.4, -0.2) is 21.0 Å². The Hall–Kier alpha value is -0.430. The molecule has 0 saturated carbocycles. The monoisotopic (exact) mass is 332 g/mol. The fourth-order valence-corrected chi connectivity index (χ4v) is 4.63. The van der Waals surface area contributed by atoms with Gasteiger partial charge in [-0.2, -0.15) is 0 Å². The van der Waals surface area contributed by atoms with Crippen molar-refractivity contribution >= 4 is 21.4 Å². The van der Waals surface area contributed by atoms with Crippen molar-refractivity contribution in [3.8, 4) is 0 Å². The van der Waals surface area contributed by atoms with Crippen LogP contribution in [0.3, 0.4) is 0 Å². The first-order valence-corrected chi connectivity index (χ1v) is 10.1. The minimum Gasteiger partial charge on any atom is -0.312 e. The fourth-order valence-electron chi connectivity index (χ4n) is 2.13. The van der Waals surface area contributed by atoms with Crippen molar-refractivity contribution in [1.82, 2.24) is 10.0 Å². The fraction of sp³-hybridized carbons (Fsp3) is 0.733. The van der Waals surface area contributed by atoms with Crippen LogP contribution in [0.4, 0.5) is 0 Å². The molecule has 0 radical (unpaired) electrons. The highest BCUT2D eigenvalue weighted by Gasteiger charge is 2.19. The van der Waals surface area contributed by atoms with Gasteiger partial charge in [0.15, 0.2) is 0 Å². The third kappa shape index (κ3) is 6.46. The molecule has 2 atom stereocenters. The second kappa shape index (κ2) is 8.88. The van der Waals surface area contributed by atoms with Crippen LogP contribution in [0.1, 0.15) is 51.8 Å². The van der Waals surface area contributed by atoms with Gasteiger partial charge in [0.2, 0.25) is 10.0 Å². The lowest BCUT2D eigenvalue weighted by molar-refractivity contribution is 0.445. The molecule has 1 aromatic heterocycles. The Morgan fingerprint density at radius 1 is 1.29 bits per heavy atom. The van der Waals surface area contributed by atoms with E-state index >= 15 is 0 Å². The van der Waals surface area contributed by atoms with E-state index in [0.29, 0.717) is 10.8 Å². The molecule has 0 spiro atoms. The molecule has 21 heavy (non-hydrogen) atoms. The van der Waals surface area contributed by atoms with Crippen LogP contribution in [0.5, 0.6) is 0 Å². The van der Waals surface area contributed by atoms with Crippen molar-refractivity contribution in [2.45, 2.75) is 64.4 Å². The SMILES string of the molecule is CCCNCc1cc(S(=O)(=O)NC(C)CC(C)CC)cs1. The van der Waals surface area contributed by atoms with Gasteiger partial charge in [-0.15, -0.1) is 11.3 Å². The summed E-state index contributed by atoms with van der Waals surface area (Å²) >= 11 is 1.49. The highest BCUT2D eigenvalue weighted by atomic mass is 32.2. The van der Waals surface area contributed by atoms with E-state index in [0.717, 1.165) is 37.2 Å². The summed E-state index contributed by atoms with van der Waals surface area (Å²) < 4.78 is 27.4. The van der Waals surface area contributed by atoms with Gasteiger partial charge >= 0.3 is 0 Å². The van der Waals surface area contributed by atoms with Gasteiger partial charge in [0, 0.05) is 22.8 Å². The summed E-state index contributed by atoms with van der Waals surface area (Å²) in [4.78, 5) is 1.44. The summed E-state index contributed by atoms with van der Waals surface area (Å²) in [5.74, 6) is 0.527. The van der Waals surface area contributed by atoms with Crippen LogP contribution in [0, 0.1) is 5.92 Å². The van der Waals surface area contributed by atoms with E-state index in [1.54, 1.807) is 11.4 Å². The number of sulfonamides is 1. The van der Waals surface area contributed by atoms with E-state index in [4.69, 9.17) is 0 Å². The van der Waals surface area contributed by atoms with Crippen molar-refractivity contribution in [3.05, 3.63) is 16.3 Å². The maximum atomic E-state index is 12.3. The first kappa shape index (κ1) is 18.6. The Morgan fingerprint density at radius 3 is 2.62 bits per heavy atom. The first-order chi connectivity index (χ1) is 9.89. The molecule has 0 aliphatic rings. The second-order valence-corrected chi connectivity index (χ2v) is 8.41. The third-order valence-electron chi connectivity index (χ3n) is 3.48. The molecular weight excluding hydrogens is 304 g/mol. The quantitative estimate of drug-likeness (QED) is 0.646. The van der Waals surface area contributed by atoms with Crippen LogP contribution in [-0.2, 0) is 16.6 Å². The van der Waals surface area contributed by atoms with Crippen molar-refractivity contribution in [3.63, 3.8) is 0 Å². The molecule has 6 heteroatoms. The highest BCUT2D eigenvalue weighted by molar-refractivity contribution is 7.89. The largest absolute Gasteiger partial charge is 0.312 e. The Kier molecular flexibility index (Phi) is 7.87. The van der Waals surface area contributed by atoms with Crippen LogP contribution in [0.15, 0.2) is 16.3 Å². The van der Waals surface area contributed by atoms with E-state index in [1.165, 1.54) is 11.3 Å². The van der Waals surface area contributed by atoms with E-state index in [9.17, 15) is 8.42 Å². The van der Waals surface area contributed by atoms with Crippen LogP contribution < -0.4 is 10.0 Å². The molecule has 1 rings (SSSR count). The summed E-state index contributed by atoms with van der Waals surface area (Å²) in [6.45, 7) is 9.99. The zero-order chi connectivity index (χ0) is 15.9. The average Bonchev–Trinajstić information content (AvgIpc) is 2.87. The summed E-state index contributed by atoms with van der Waals surface area (Å²) in [5, 5.41) is 5.01. The van der Waals surface area contributed by atoms with Crippen molar-refractivity contribution in [2.75, 3.05) is 6.54 Å². The summed E-state index contributed by atoms with van der Waals surface area (Å²) in [6.07, 6.45) is 3.01. The first-order valence-electron chi connectivity index (χ1n) is 7.69. The Morgan fingerprint density at radius 2 is 2.00 bits per heavy atom. The summed E-state index contributed by atoms with van der Waals surface area (Å²) in [5.41, 5.74) is 0. The topological polar surface area (TPSA) is 58.2 Å². The molecule has 122 valence electrons. The molecule has 0 fully saturated rings. The van der Waals surface area contributed by atoms with Crippen LogP contribution >= 0.6 is 11.3 Å². The molecule has 0 aliphatic carbocycles. The van der Waals surface area contributed by atoms with Gasteiger partial charge in [-0.1, -0.05) is 27.2 Å². The minimum absolute atomic E-state index is 0.0356. The van der Waals surface area contributed by atoms with Gasteiger partial charge in [-0.3, -0.25) is 0 Å². The second-order valence-electron chi connectivity index (χ2n) is 5.70. The lowest BCUT2D eigenvalue weighted by atomic mass is 10.0. The number of thiophene rings is 1. The number of rotatable bonds is 10. The molecule has 0 aliphatic heterocycles. The van der Waals surface area contributed by atoms with Gasteiger partial charge in [-0.05, 0) is 38.3 Å². The molecule has 0 bridgehead atoms. The van der Waals surface area contributed by atoms with Gasteiger partial charge in [0.05, 0.1) is 4.90 Å². The average molecular weight is 333 g/mol. The predicted octanol–water partition coefficient (Wildman–Crippen LogP) is 3.35. The van der Waals surface area contributed by atoms with Crippen LogP contribution in [0.25, 0.3) is 0 Å². The Labute approximate surface area is 133 Å². The maximum absolute atomic E-state index is 12.3. The normalized spacial score (nSPS) is 15.0.